The first-order valence-electron chi connectivity index (χ1n) is 10.0. The number of nitrogens with zero attached hydrogens (tertiary/aromatic N) is 1. The largest absolute Gasteiger partial charge is 0.354 e. The molecule has 9 heteroatoms. The van der Waals surface area contributed by atoms with Gasteiger partial charge in [-0.25, -0.2) is 13.8 Å². The number of carbonyl (C=O) groups is 2. The molecular formula is C22H27ClF2N4O2. The highest BCUT2D eigenvalue weighted by Gasteiger charge is 2.40. The van der Waals surface area contributed by atoms with Gasteiger partial charge in [-0.1, -0.05) is 30.3 Å². The van der Waals surface area contributed by atoms with Crippen LogP contribution in [0.1, 0.15) is 44.9 Å². The molecule has 1 fully saturated rings. The van der Waals surface area contributed by atoms with E-state index in [9.17, 15) is 18.4 Å². The van der Waals surface area contributed by atoms with E-state index in [1.807, 2.05) is 30.3 Å². The minimum Gasteiger partial charge on any atom is -0.354 e. The average Bonchev–Trinajstić information content (AvgIpc) is 2.74. The molecule has 31 heavy (non-hydrogen) atoms. The predicted octanol–water partition coefficient (Wildman–Crippen LogP) is 2.82. The van der Waals surface area contributed by atoms with Crippen molar-refractivity contribution in [3.05, 3.63) is 65.0 Å². The third-order valence-electron chi connectivity index (χ3n) is 5.23. The Labute approximate surface area is 186 Å². The fraction of sp³-hybridized carbons (Fsp3) is 0.409. The summed E-state index contributed by atoms with van der Waals surface area (Å²) in [6.07, 6.45) is 0.455. The van der Waals surface area contributed by atoms with Crippen molar-refractivity contribution >= 4 is 24.2 Å². The Hall–Kier alpha value is -2.58. The molecule has 6 nitrogen and oxygen atoms in total. The highest BCUT2D eigenvalue weighted by Crippen LogP contribution is 2.32. The zero-order chi connectivity index (χ0) is 21.6. The molecule has 1 unspecified atom stereocenters. The van der Waals surface area contributed by atoms with Gasteiger partial charge in [-0.05, 0) is 24.1 Å². The van der Waals surface area contributed by atoms with E-state index >= 15 is 0 Å². The van der Waals surface area contributed by atoms with E-state index in [0.717, 1.165) is 5.56 Å². The van der Waals surface area contributed by atoms with Gasteiger partial charge in [0.05, 0.1) is 0 Å². The summed E-state index contributed by atoms with van der Waals surface area (Å²) in [6.45, 7) is 0.673. The monoisotopic (exact) mass is 452 g/mol. The van der Waals surface area contributed by atoms with Gasteiger partial charge in [0.1, 0.15) is 5.69 Å². The molecule has 168 valence electrons. The number of benzene rings is 1. The van der Waals surface area contributed by atoms with Crippen molar-refractivity contribution in [3.8, 4) is 0 Å². The first-order chi connectivity index (χ1) is 14.4. The summed E-state index contributed by atoms with van der Waals surface area (Å²) in [5.41, 5.74) is 2.00. The van der Waals surface area contributed by atoms with Crippen LogP contribution in [0.15, 0.2) is 42.5 Å². The number of rotatable bonds is 7. The molecule has 0 radical (unpaired) electrons. The Morgan fingerprint density at radius 1 is 1.19 bits per heavy atom. The van der Waals surface area contributed by atoms with Crippen molar-refractivity contribution in [1.29, 1.82) is 0 Å². The van der Waals surface area contributed by atoms with Crippen LogP contribution >= 0.6 is 12.4 Å². The Bertz CT molecular complexity index is 896. The number of alkyl halides is 2. The summed E-state index contributed by atoms with van der Waals surface area (Å²) < 4.78 is 27.9. The van der Waals surface area contributed by atoms with Crippen LogP contribution < -0.4 is 16.0 Å². The maximum absolute atomic E-state index is 14.0. The van der Waals surface area contributed by atoms with Crippen molar-refractivity contribution in [3.63, 3.8) is 0 Å². The van der Waals surface area contributed by atoms with E-state index < -0.39 is 23.7 Å². The van der Waals surface area contributed by atoms with Gasteiger partial charge in [0.25, 0.3) is 17.7 Å². The van der Waals surface area contributed by atoms with Crippen LogP contribution in [0.2, 0.25) is 0 Å². The molecule has 0 aliphatic carbocycles. The van der Waals surface area contributed by atoms with Gasteiger partial charge in [-0.2, -0.15) is 0 Å². The molecule has 1 aromatic heterocycles. The normalized spacial score (nSPS) is 17.3. The van der Waals surface area contributed by atoms with Gasteiger partial charge in [0, 0.05) is 56.7 Å². The highest BCUT2D eigenvalue weighted by molar-refractivity contribution is 5.98. The molecule has 1 aromatic carbocycles. The zero-order valence-corrected chi connectivity index (χ0v) is 18.1. The maximum Gasteiger partial charge on any atom is 0.269 e. The van der Waals surface area contributed by atoms with Crippen molar-refractivity contribution in [2.45, 2.75) is 25.2 Å². The molecule has 2 aromatic rings. The van der Waals surface area contributed by atoms with Crippen molar-refractivity contribution in [2.24, 2.45) is 5.92 Å². The summed E-state index contributed by atoms with van der Waals surface area (Å²) in [4.78, 5) is 29.1. The SMILES string of the molecule is CNC(=O)c1cc(C(=O)NCCC2CNCCC2(F)F)cc(Cc2ccccc2)n1.Cl. The van der Waals surface area contributed by atoms with Crippen LogP contribution in [0.4, 0.5) is 8.78 Å². The molecule has 3 N–H and O–H groups in total. The van der Waals surface area contributed by atoms with Crippen LogP contribution in [-0.4, -0.2) is 49.4 Å². The lowest BCUT2D eigenvalue weighted by Crippen LogP contribution is -2.45. The van der Waals surface area contributed by atoms with Gasteiger partial charge >= 0.3 is 0 Å². The van der Waals surface area contributed by atoms with E-state index in [0.29, 0.717) is 18.7 Å². The molecule has 1 aliphatic heterocycles. The zero-order valence-electron chi connectivity index (χ0n) is 17.3. The molecule has 0 bridgehead atoms. The number of carbonyl (C=O) groups excluding carboxylic acids is 2. The topological polar surface area (TPSA) is 83.1 Å². The van der Waals surface area contributed by atoms with Crippen LogP contribution in [-0.2, 0) is 6.42 Å². The van der Waals surface area contributed by atoms with E-state index in [-0.39, 0.29) is 49.6 Å². The highest BCUT2D eigenvalue weighted by atomic mass is 35.5. The van der Waals surface area contributed by atoms with Crippen molar-refractivity contribution in [2.75, 3.05) is 26.7 Å². The number of amides is 2. The number of aromatic nitrogens is 1. The van der Waals surface area contributed by atoms with Gasteiger partial charge in [-0.3, -0.25) is 9.59 Å². The van der Waals surface area contributed by atoms with Gasteiger partial charge in [0.15, 0.2) is 0 Å². The third-order valence-corrected chi connectivity index (χ3v) is 5.23. The van der Waals surface area contributed by atoms with Gasteiger partial charge in [0.2, 0.25) is 0 Å². The Balaban J connectivity index is 0.00000341. The average molecular weight is 453 g/mol. The Morgan fingerprint density at radius 2 is 1.94 bits per heavy atom. The lowest BCUT2D eigenvalue weighted by molar-refractivity contribution is -0.0801. The number of halogens is 3. The Kier molecular flexibility index (Phi) is 8.88. The number of piperidine rings is 1. The fourth-order valence-corrected chi connectivity index (χ4v) is 3.52. The van der Waals surface area contributed by atoms with Gasteiger partial charge in [-0.15, -0.1) is 12.4 Å². The van der Waals surface area contributed by atoms with Crippen molar-refractivity contribution < 1.29 is 18.4 Å². The lowest BCUT2D eigenvalue weighted by Gasteiger charge is -2.31. The second-order valence-electron chi connectivity index (χ2n) is 7.43. The standard InChI is InChI=1S/C22H26F2N4O2.ClH/c1-25-21(30)19-13-16(12-18(28-19)11-15-5-3-2-4-6-15)20(29)27-9-7-17-14-26-10-8-22(17,23)24;/h2-6,12-13,17,26H,7-11,14H2,1H3,(H,25,30)(H,27,29);1H. The van der Waals surface area contributed by atoms with Crippen LogP contribution in [0.3, 0.4) is 0 Å². The summed E-state index contributed by atoms with van der Waals surface area (Å²) in [5, 5.41) is 8.18. The first kappa shape index (κ1) is 24.7. The second kappa shape index (κ2) is 11.2. The lowest BCUT2D eigenvalue weighted by atomic mass is 9.92. The van der Waals surface area contributed by atoms with Crippen LogP contribution in [0.5, 0.6) is 0 Å². The van der Waals surface area contributed by atoms with E-state index in [1.54, 1.807) is 6.07 Å². The van der Waals surface area contributed by atoms with Crippen LogP contribution in [0, 0.1) is 5.92 Å². The predicted molar refractivity (Wildman–Crippen MR) is 117 cm³/mol. The molecule has 1 atom stereocenters. The first-order valence-corrected chi connectivity index (χ1v) is 10.0. The van der Waals surface area contributed by atoms with E-state index in [2.05, 4.69) is 20.9 Å². The van der Waals surface area contributed by atoms with Gasteiger partial charge < -0.3 is 16.0 Å². The minimum atomic E-state index is -2.72. The Morgan fingerprint density at radius 3 is 2.61 bits per heavy atom. The number of pyridine rings is 1. The summed E-state index contributed by atoms with van der Waals surface area (Å²) in [5.74, 6) is -4.34. The van der Waals surface area contributed by atoms with Crippen molar-refractivity contribution in [1.82, 2.24) is 20.9 Å². The number of hydrogen-bond acceptors (Lipinski definition) is 4. The summed E-state index contributed by atoms with van der Waals surface area (Å²) >= 11 is 0. The molecule has 0 spiro atoms. The molecule has 1 saturated heterocycles. The van der Waals surface area contributed by atoms with Crippen LogP contribution in [0.25, 0.3) is 0 Å². The quantitative estimate of drug-likeness (QED) is 0.603. The smallest absolute Gasteiger partial charge is 0.269 e. The second-order valence-corrected chi connectivity index (χ2v) is 7.43. The minimum absolute atomic E-state index is 0. The third kappa shape index (κ3) is 6.70. The molecule has 2 amide bonds. The van der Waals surface area contributed by atoms with E-state index in [1.165, 1.54) is 13.1 Å². The number of hydrogen-bond donors (Lipinski definition) is 3. The summed E-state index contributed by atoms with van der Waals surface area (Å²) in [6, 6.07) is 12.6. The fourth-order valence-electron chi connectivity index (χ4n) is 3.52. The molecule has 3 rings (SSSR count). The molecule has 2 heterocycles. The molecular weight excluding hydrogens is 426 g/mol. The maximum atomic E-state index is 14.0. The number of nitrogens with one attached hydrogen (secondary N) is 3. The molecule has 0 saturated carbocycles. The summed E-state index contributed by atoms with van der Waals surface area (Å²) in [7, 11) is 1.49. The molecule has 1 aliphatic rings. The van der Waals surface area contributed by atoms with E-state index in [4.69, 9.17) is 0 Å².